The minimum absolute atomic E-state index is 0.184. The van der Waals surface area contributed by atoms with Crippen LogP contribution in [0.1, 0.15) is 51.7 Å². The molecule has 0 amide bonds. The molecule has 3 heteroatoms. The van der Waals surface area contributed by atoms with E-state index in [0.717, 1.165) is 53.0 Å². The van der Waals surface area contributed by atoms with Crippen LogP contribution in [0.2, 0.25) is 0 Å². The van der Waals surface area contributed by atoms with Crippen LogP contribution >= 0.6 is 0 Å². The lowest BCUT2D eigenvalue weighted by atomic mass is 9.81. The van der Waals surface area contributed by atoms with E-state index >= 15 is 0 Å². The van der Waals surface area contributed by atoms with Gasteiger partial charge in [-0.25, -0.2) is 0 Å². The fraction of sp³-hybridized carbons (Fsp3) is 0.346. The van der Waals surface area contributed by atoms with Crippen LogP contribution < -0.4 is 10.6 Å². The highest BCUT2D eigenvalue weighted by Crippen LogP contribution is 2.32. The Morgan fingerprint density at radius 1 is 0.897 bits per heavy atom. The van der Waals surface area contributed by atoms with Crippen molar-refractivity contribution in [3.63, 3.8) is 0 Å². The SMILES string of the molecule is CCNc1ccc(/C=C2\CC(C)C/C(=C\c3ccc(NC(C)C)cc3)C2=O)cc1. The average molecular weight is 389 g/mol. The summed E-state index contributed by atoms with van der Waals surface area (Å²) in [6.07, 6.45) is 5.78. The smallest absolute Gasteiger partial charge is 0.185 e. The number of ketones is 1. The van der Waals surface area contributed by atoms with E-state index in [2.05, 4.69) is 99.0 Å². The van der Waals surface area contributed by atoms with Gasteiger partial charge in [-0.3, -0.25) is 4.79 Å². The van der Waals surface area contributed by atoms with Crippen LogP contribution in [0, 0.1) is 5.92 Å². The van der Waals surface area contributed by atoms with Crippen LogP contribution in [0.4, 0.5) is 11.4 Å². The van der Waals surface area contributed by atoms with Gasteiger partial charge >= 0.3 is 0 Å². The molecule has 1 aliphatic carbocycles. The van der Waals surface area contributed by atoms with Gasteiger partial charge < -0.3 is 10.6 Å². The van der Waals surface area contributed by atoms with E-state index in [1.54, 1.807) is 0 Å². The van der Waals surface area contributed by atoms with Gasteiger partial charge in [0.15, 0.2) is 5.78 Å². The van der Waals surface area contributed by atoms with Crippen LogP contribution in [0.25, 0.3) is 12.2 Å². The molecule has 1 atom stereocenters. The van der Waals surface area contributed by atoms with Crippen LogP contribution in [-0.4, -0.2) is 18.4 Å². The summed E-state index contributed by atoms with van der Waals surface area (Å²) < 4.78 is 0. The summed E-state index contributed by atoms with van der Waals surface area (Å²) in [6, 6.07) is 17.0. The molecular formula is C26H32N2O. The van der Waals surface area contributed by atoms with E-state index in [1.807, 2.05) is 0 Å². The third-order valence-corrected chi connectivity index (χ3v) is 5.06. The van der Waals surface area contributed by atoms with E-state index in [0.29, 0.717) is 12.0 Å². The molecule has 1 fully saturated rings. The Kier molecular flexibility index (Phi) is 6.92. The minimum atomic E-state index is 0.184. The number of allylic oxidation sites excluding steroid dienone is 2. The van der Waals surface area contributed by atoms with Crippen molar-refractivity contribution in [3.05, 3.63) is 70.8 Å². The lowest BCUT2D eigenvalue weighted by molar-refractivity contribution is -0.113. The van der Waals surface area contributed by atoms with Crippen molar-refractivity contribution in [1.82, 2.24) is 0 Å². The number of anilines is 2. The Morgan fingerprint density at radius 3 is 1.83 bits per heavy atom. The maximum atomic E-state index is 13.1. The highest BCUT2D eigenvalue weighted by Gasteiger charge is 2.25. The predicted octanol–water partition coefficient (Wildman–Crippen LogP) is 6.40. The summed E-state index contributed by atoms with van der Waals surface area (Å²) in [5.41, 5.74) is 6.17. The highest BCUT2D eigenvalue weighted by molar-refractivity contribution is 6.14. The van der Waals surface area contributed by atoms with E-state index in [4.69, 9.17) is 0 Å². The zero-order valence-corrected chi connectivity index (χ0v) is 18.0. The largest absolute Gasteiger partial charge is 0.385 e. The summed E-state index contributed by atoms with van der Waals surface area (Å²) in [5, 5.41) is 6.70. The van der Waals surface area contributed by atoms with Crippen LogP contribution in [0.3, 0.4) is 0 Å². The summed E-state index contributed by atoms with van der Waals surface area (Å²) in [6.45, 7) is 9.46. The van der Waals surface area contributed by atoms with E-state index in [1.165, 1.54) is 0 Å². The number of benzene rings is 2. The molecule has 3 rings (SSSR count). The van der Waals surface area contributed by atoms with Crippen LogP contribution in [0.15, 0.2) is 59.7 Å². The number of carbonyl (C=O) groups is 1. The van der Waals surface area contributed by atoms with Crippen molar-refractivity contribution >= 4 is 29.3 Å². The minimum Gasteiger partial charge on any atom is -0.385 e. The van der Waals surface area contributed by atoms with Crippen molar-refractivity contribution in [3.8, 4) is 0 Å². The topological polar surface area (TPSA) is 41.1 Å². The lowest BCUT2D eigenvalue weighted by Gasteiger charge is -2.22. The van der Waals surface area contributed by atoms with Gasteiger partial charge in [0.1, 0.15) is 0 Å². The maximum absolute atomic E-state index is 13.1. The zero-order chi connectivity index (χ0) is 20.8. The van der Waals surface area contributed by atoms with E-state index in [-0.39, 0.29) is 5.78 Å². The standard InChI is InChI=1S/C26H32N2O/c1-5-27-24-10-6-20(7-11-24)16-22-14-19(4)15-23(26(22)29)17-21-8-12-25(13-9-21)28-18(2)3/h6-13,16-19,27-28H,5,14-15H2,1-4H3/b22-16+,23-17+. The molecule has 2 aromatic carbocycles. The zero-order valence-electron chi connectivity index (χ0n) is 18.0. The first-order valence-corrected chi connectivity index (χ1v) is 10.6. The molecule has 1 saturated carbocycles. The molecule has 3 nitrogen and oxygen atoms in total. The first-order valence-electron chi connectivity index (χ1n) is 10.6. The second-order valence-electron chi connectivity index (χ2n) is 8.26. The quantitative estimate of drug-likeness (QED) is 0.562. The van der Waals surface area contributed by atoms with E-state index in [9.17, 15) is 4.79 Å². The van der Waals surface area contributed by atoms with E-state index < -0.39 is 0 Å². The summed E-state index contributed by atoms with van der Waals surface area (Å²) in [7, 11) is 0. The highest BCUT2D eigenvalue weighted by atomic mass is 16.1. The van der Waals surface area contributed by atoms with Gasteiger partial charge in [0.05, 0.1) is 0 Å². The number of Topliss-reactive ketones (excluding diaryl/α,β-unsaturated/α-hetero) is 1. The molecule has 2 aromatic rings. The first-order chi connectivity index (χ1) is 13.9. The summed E-state index contributed by atoms with van der Waals surface area (Å²) >= 11 is 0. The molecule has 29 heavy (non-hydrogen) atoms. The van der Waals surface area contributed by atoms with Crippen molar-refractivity contribution in [2.75, 3.05) is 17.2 Å². The molecule has 1 aliphatic rings. The fourth-order valence-corrected chi connectivity index (χ4v) is 3.78. The summed E-state index contributed by atoms with van der Waals surface area (Å²) in [5.74, 6) is 0.649. The number of hydrogen-bond donors (Lipinski definition) is 2. The van der Waals surface area contributed by atoms with Crippen LogP contribution in [0.5, 0.6) is 0 Å². The van der Waals surface area contributed by atoms with Crippen molar-refractivity contribution < 1.29 is 4.79 Å². The van der Waals surface area contributed by atoms with Crippen LogP contribution in [-0.2, 0) is 4.79 Å². The van der Waals surface area contributed by atoms with Crippen molar-refractivity contribution in [2.24, 2.45) is 5.92 Å². The normalized spacial score (nSPS) is 19.8. The maximum Gasteiger partial charge on any atom is 0.185 e. The molecule has 152 valence electrons. The molecule has 0 saturated heterocycles. The second kappa shape index (κ2) is 9.60. The average Bonchev–Trinajstić information content (AvgIpc) is 2.68. The molecule has 0 aliphatic heterocycles. The van der Waals surface area contributed by atoms with Gasteiger partial charge in [0.2, 0.25) is 0 Å². The third kappa shape index (κ3) is 5.83. The monoisotopic (exact) mass is 388 g/mol. The fourth-order valence-electron chi connectivity index (χ4n) is 3.78. The lowest BCUT2D eigenvalue weighted by Crippen LogP contribution is -2.18. The molecule has 0 bridgehead atoms. The molecular weight excluding hydrogens is 356 g/mol. The first kappa shape index (κ1) is 20.9. The molecule has 0 radical (unpaired) electrons. The van der Waals surface area contributed by atoms with Gasteiger partial charge in [-0.2, -0.15) is 0 Å². The van der Waals surface area contributed by atoms with Gasteiger partial charge in [0.25, 0.3) is 0 Å². The predicted molar refractivity (Wildman–Crippen MR) is 125 cm³/mol. The Balaban J connectivity index is 1.80. The van der Waals surface area contributed by atoms with Crippen molar-refractivity contribution in [1.29, 1.82) is 0 Å². The molecule has 0 heterocycles. The summed E-state index contributed by atoms with van der Waals surface area (Å²) in [4.78, 5) is 13.1. The third-order valence-electron chi connectivity index (χ3n) is 5.06. The molecule has 1 unspecified atom stereocenters. The second-order valence-corrected chi connectivity index (χ2v) is 8.26. The van der Waals surface area contributed by atoms with Gasteiger partial charge in [-0.15, -0.1) is 0 Å². The number of rotatable bonds is 6. The van der Waals surface area contributed by atoms with Crippen molar-refractivity contribution in [2.45, 2.75) is 46.6 Å². The Morgan fingerprint density at radius 2 is 1.38 bits per heavy atom. The number of nitrogens with one attached hydrogen (secondary N) is 2. The number of carbonyl (C=O) groups excluding carboxylic acids is 1. The molecule has 2 N–H and O–H groups in total. The molecule has 0 spiro atoms. The van der Waals surface area contributed by atoms with Gasteiger partial charge in [-0.05, 0) is 87.1 Å². The van der Waals surface area contributed by atoms with Gasteiger partial charge in [0, 0.05) is 35.1 Å². The van der Waals surface area contributed by atoms with Gasteiger partial charge in [-0.1, -0.05) is 31.2 Å². The Hall–Kier alpha value is -2.81. The Bertz CT molecular complexity index is 889. The number of hydrogen-bond acceptors (Lipinski definition) is 3. The Labute approximate surface area is 174 Å². The molecule has 0 aromatic heterocycles.